The lowest BCUT2D eigenvalue weighted by atomic mass is 10.1. The van der Waals surface area contributed by atoms with Crippen LogP contribution in [-0.4, -0.2) is 13.7 Å². The number of alkyl halides is 2. The molecule has 0 aliphatic heterocycles. The average Bonchev–Trinajstić information content (AvgIpc) is 2.16. The molecule has 1 atom stereocenters. The molecule has 0 radical (unpaired) electrons. The third-order valence-electron chi connectivity index (χ3n) is 1.93. The van der Waals surface area contributed by atoms with Crippen LogP contribution in [0, 0.1) is 0 Å². The highest BCUT2D eigenvalue weighted by Gasteiger charge is 2.13. The van der Waals surface area contributed by atoms with Gasteiger partial charge in [0.15, 0.2) is 0 Å². The number of halogens is 2. The van der Waals surface area contributed by atoms with Crippen molar-refractivity contribution in [2.24, 2.45) is 5.73 Å². The highest BCUT2D eigenvalue weighted by molar-refractivity contribution is 5.42. The SMILES string of the molecule is COc1ccc([C@@H](C)N)c(OC(F)F)c1. The highest BCUT2D eigenvalue weighted by Crippen LogP contribution is 2.29. The minimum Gasteiger partial charge on any atom is -0.497 e. The Bertz CT molecular complexity index is 329. The molecule has 1 aromatic carbocycles. The van der Waals surface area contributed by atoms with Crippen LogP contribution >= 0.6 is 0 Å². The van der Waals surface area contributed by atoms with E-state index in [4.69, 9.17) is 10.5 Å². The second-order valence-electron chi connectivity index (χ2n) is 3.07. The fourth-order valence-corrected chi connectivity index (χ4v) is 1.22. The van der Waals surface area contributed by atoms with Gasteiger partial charge in [0, 0.05) is 17.7 Å². The number of nitrogens with two attached hydrogens (primary N) is 1. The Balaban J connectivity index is 3.05. The predicted molar refractivity (Wildman–Crippen MR) is 52.2 cm³/mol. The zero-order valence-electron chi connectivity index (χ0n) is 8.54. The molecule has 15 heavy (non-hydrogen) atoms. The van der Waals surface area contributed by atoms with Gasteiger partial charge in [0.1, 0.15) is 11.5 Å². The fraction of sp³-hybridized carbons (Fsp3) is 0.400. The van der Waals surface area contributed by atoms with Crippen molar-refractivity contribution in [1.82, 2.24) is 0 Å². The smallest absolute Gasteiger partial charge is 0.387 e. The summed E-state index contributed by atoms with van der Waals surface area (Å²) in [4.78, 5) is 0. The molecule has 0 aliphatic carbocycles. The largest absolute Gasteiger partial charge is 0.497 e. The van der Waals surface area contributed by atoms with E-state index in [0.717, 1.165) is 0 Å². The number of methoxy groups -OCH3 is 1. The average molecular weight is 217 g/mol. The molecule has 0 fully saturated rings. The van der Waals surface area contributed by atoms with Gasteiger partial charge in [-0.2, -0.15) is 8.78 Å². The molecule has 1 rings (SSSR count). The van der Waals surface area contributed by atoms with Crippen molar-refractivity contribution in [3.8, 4) is 11.5 Å². The summed E-state index contributed by atoms with van der Waals surface area (Å²) < 4.78 is 33.5. The number of hydrogen-bond donors (Lipinski definition) is 1. The molecule has 0 amide bonds. The molecule has 0 saturated carbocycles. The summed E-state index contributed by atoms with van der Waals surface area (Å²) in [6, 6.07) is 4.29. The van der Waals surface area contributed by atoms with Crippen LogP contribution in [0.1, 0.15) is 18.5 Å². The summed E-state index contributed by atoms with van der Waals surface area (Å²) in [5.74, 6) is 0.509. The Morgan fingerprint density at radius 3 is 2.47 bits per heavy atom. The van der Waals surface area contributed by atoms with Crippen LogP contribution < -0.4 is 15.2 Å². The van der Waals surface area contributed by atoms with Crippen molar-refractivity contribution >= 4 is 0 Å². The Morgan fingerprint density at radius 2 is 2.00 bits per heavy atom. The van der Waals surface area contributed by atoms with Crippen molar-refractivity contribution in [2.75, 3.05) is 7.11 Å². The van der Waals surface area contributed by atoms with Gasteiger partial charge >= 0.3 is 6.61 Å². The van der Waals surface area contributed by atoms with E-state index >= 15 is 0 Å². The van der Waals surface area contributed by atoms with Gasteiger partial charge in [-0.05, 0) is 13.0 Å². The van der Waals surface area contributed by atoms with E-state index in [1.807, 2.05) is 0 Å². The van der Waals surface area contributed by atoms with Gasteiger partial charge in [0.25, 0.3) is 0 Å². The lowest BCUT2D eigenvalue weighted by molar-refractivity contribution is -0.0506. The molecule has 0 unspecified atom stereocenters. The maximum atomic E-state index is 12.1. The minimum atomic E-state index is -2.87. The summed E-state index contributed by atoms with van der Waals surface area (Å²) in [6.07, 6.45) is 0. The third kappa shape index (κ3) is 3.06. The second kappa shape index (κ2) is 4.93. The molecular formula is C10H13F2NO2. The van der Waals surface area contributed by atoms with Gasteiger partial charge in [0.2, 0.25) is 0 Å². The van der Waals surface area contributed by atoms with E-state index in [2.05, 4.69) is 4.74 Å². The molecule has 2 N–H and O–H groups in total. The summed E-state index contributed by atoms with van der Waals surface area (Å²) in [6.45, 7) is -1.17. The monoisotopic (exact) mass is 217 g/mol. The van der Waals surface area contributed by atoms with Crippen LogP contribution in [-0.2, 0) is 0 Å². The van der Waals surface area contributed by atoms with E-state index in [0.29, 0.717) is 11.3 Å². The van der Waals surface area contributed by atoms with Crippen molar-refractivity contribution in [2.45, 2.75) is 19.6 Å². The summed E-state index contributed by atoms with van der Waals surface area (Å²) >= 11 is 0. The molecule has 1 aromatic rings. The zero-order valence-corrected chi connectivity index (χ0v) is 8.54. The van der Waals surface area contributed by atoms with Crippen LogP contribution in [0.4, 0.5) is 8.78 Å². The van der Waals surface area contributed by atoms with Crippen LogP contribution in [0.3, 0.4) is 0 Å². The van der Waals surface area contributed by atoms with Crippen molar-refractivity contribution < 1.29 is 18.3 Å². The predicted octanol–water partition coefficient (Wildman–Crippen LogP) is 2.32. The Kier molecular flexibility index (Phi) is 3.85. The molecule has 0 spiro atoms. The normalized spacial score (nSPS) is 12.7. The molecule has 0 bridgehead atoms. The zero-order chi connectivity index (χ0) is 11.4. The first-order valence-corrected chi connectivity index (χ1v) is 4.43. The standard InChI is InChI=1S/C10H13F2NO2/c1-6(13)8-4-3-7(14-2)5-9(8)15-10(11)12/h3-6,10H,13H2,1-2H3/t6-/m1/s1. The topological polar surface area (TPSA) is 44.5 Å². The molecule has 5 heteroatoms. The number of hydrogen-bond acceptors (Lipinski definition) is 3. The lowest BCUT2D eigenvalue weighted by Gasteiger charge is -2.14. The van der Waals surface area contributed by atoms with Gasteiger partial charge in [-0.3, -0.25) is 0 Å². The first-order valence-electron chi connectivity index (χ1n) is 4.43. The third-order valence-corrected chi connectivity index (χ3v) is 1.93. The van der Waals surface area contributed by atoms with Gasteiger partial charge in [-0.15, -0.1) is 0 Å². The first kappa shape index (κ1) is 11.7. The maximum Gasteiger partial charge on any atom is 0.387 e. The van der Waals surface area contributed by atoms with Crippen LogP contribution in [0.25, 0.3) is 0 Å². The van der Waals surface area contributed by atoms with E-state index in [1.54, 1.807) is 19.1 Å². The van der Waals surface area contributed by atoms with Gasteiger partial charge in [-0.25, -0.2) is 0 Å². The van der Waals surface area contributed by atoms with E-state index in [-0.39, 0.29) is 11.8 Å². The summed E-state index contributed by atoms with van der Waals surface area (Å²) in [5, 5.41) is 0. The molecule has 84 valence electrons. The number of ether oxygens (including phenoxy) is 2. The summed E-state index contributed by atoms with van der Waals surface area (Å²) in [7, 11) is 1.45. The highest BCUT2D eigenvalue weighted by atomic mass is 19.3. The van der Waals surface area contributed by atoms with Crippen LogP contribution in [0.15, 0.2) is 18.2 Å². The van der Waals surface area contributed by atoms with Gasteiger partial charge in [0.05, 0.1) is 7.11 Å². The van der Waals surface area contributed by atoms with Crippen LogP contribution in [0.5, 0.6) is 11.5 Å². The molecule has 0 saturated heterocycles. The first-order chi connectivity index (χ1) is 7.04. The molecular weight excluding hydrogens is 204 g/mol. The van der Waals surface area contributed by atoms with E-state index in [1.165, 1.54) is 13.2 Å². The molecule has 3 nitrogen and oxygen atoms in total. The van der Waals surface area contributed by atoms with Crippen molar-refractivity contribution in [1.29, 1.82) is 0 Å². The molecule has 0 aromatic heterocycles. The quantitative estimate of drug-likeness (QED) is 0.841. The molecule has 0 heterocycles. The number of benzene rings is 1. The lowest BCUT2D eigenvalue weighted by Crippen LogP contribution is -2.10. The van der Waals surface area contributed by atoms with E-state index in [9.17, 15) is 8.78 Å². The van der Waals surface area contributed by atoms with E-state index < -0.39 is 6.61 Å². The van der Waals surface area contributed by atoms with Crippen molar-refractivity contribution in [3.63, 3.8) is 0 Å². The summed E-state index contributed by atoms with van der Waals surface area (Å²) in [5.41, 5.74) is 6.14. The Labute approximate surface area is 86.8 Å². The van der Waals surface area contributed by atoms with Gasteiger partial charge in [-0.1, -0.05) is 6.07 Å². The second-order valence-corrected chi connectivity index (χ2v) is 3.07. The van der Waals surface area contributed by atoms with Gasteiger partial charge < -0.3 is 15.2 Å². The Morgan fingerprint density at radius 1 is 1.33 bits per heavy atom. The minimum absolute atomic E-state index is 0.0550. The fourth-order valence-electron chi connectivity index (χ4n) is 1.22. The molecule has 0 aliphatic rings. The Hall–Kier alpha value is -1.36. The van der Waals surface area contributed by atoms with Crippen LogP contribution in [0.2, 0.25) is 0 Å². The van der Waals surface area contributed by atoms with Crippen molar-refractivity contribution in [3.05, 3.63) is 23.8 Å². The number of rotatable bonds is 4. The maximum absolute atomic E-state index is 12.1.